The minimum atomic E-state index is -2.61. The fourth-order valence-electron chi connectivity index (χ4n) is 26.4. The second kappa shape index (κ2) is 49.1. The lowest BCUT2D eigenvalue weighted by atomic mass is 9.79. The van der Waals surface area contributed by atoms with Crippen LogP contribution in [0, 0.1) is 17.8 Å². The maximum atomic E-state index is 13.8. The molecule has 9 fully saturated rings. The van der Waals surface area contributed by atoms with E-state index in [0.717, 1.165) is 194 Å². The third kappa shape index (κ3) is 26.9. The summed E-state index contributed by atoms with van der Waals surface area (Å²) < 4.78 is 82.8. The van der Waals surface area contributed by atoms with Gasteiger partial charge in [-0.25, -0.2) is 26.3 Å². The van der Waals surface area contributed by atoms with E-state index in [2.05, 4.69) is 155 Å². The van der Waals surface area contributed by atoms with E-state index in [1.807, 2.05) is 36.8 Å². The van der Waals surface area contributed by atoms with E-state index in [1.165, 1.54) is 108 Å². The van der Waals surface area contributed by atoms with Crippen LogP contribution in [0.4, 0.5) is 26.3 Å². The number of alkyl halides is 6. The summed E-state index contributed by atoms with van der Waals surface area (Å²) in [4.78, 5) is 71.2. The van der Waals surface area contributed by atoms with Crippen LogP contribution in [-0.4, -0.2) is 232 Å². The average Bonchev–Trinajstić information content (AvgIpc) is 1.66. The Morgan fingerprint density at radius 2 is 0.630 bits per heavy atom. The van der Waals surface area contributed by atoms with Gasteiger partial charge in [0, 0.05) is 188 Å². The van der Waals surface area contributed by atoms with Gasteiger partial charge < -0.3 is 33.2 Å². The van der Waals surface area contributed by atoms with Crippen LogP contribution >= 0.6 is 0 Å². The molecule has 9 N–H and O–H groups in total. The first-order chi connectivity index (χ1) is 65.7. The zero-order valence-corrected chi connectivity index (χ0v) is 80.7. The quantitative estimate of drug-likeness (QED) is 0.0155. The Morgan fingerprint density at radius 1 is 0.356 bits per heavy atom. The van der Waals surface area contributed by atoms with Gasteiger partial charge in [-0.15, -0.1) is 0 Å². The molecule has 738 valence electrons. The van der Waals surface area contributed by atoms with Crippen molar-refractivity contribution in [3.05, 3.63) is 196 Å². The van der Waals surface area contributed by atoms with Gasteiger partial charge in [0.25, 0.3) is 0 Å². The Balaban J connectivity index is 0.000000147. The van der Waals surface area contributed by atoms with E-state index in [9.17, 15) is 40.7 Å². The van der Waals surface area contributed by atoms with Crippen molar-refractivity contribution >= 4 is 17.3 Å². The van der Waals surface area contributed by atoms with Gasteiger partial charge in [-0.1, -0.05) is 109 Å². The largest absolute Gasteiger partial charge is 0.330 e. The molecule has 3 unspecified atom stereocenters. The first-order valence-electron chi connectivity index (χ1n) is 53.2. The number of unbranched alkanes of at least 4 members (excludes halogenated alkanes) is 3. The minimum Gasteiger partial charge on any atom is -0.330 e. The van der Waals surface area contributed by atoms with Crippen molar-refractivity contribution in [1.29, 1.82) is 0 Å². The predicted octanol–water partition coefficient (Wildman–Crippen LogP) is 18.8. The molecule has 6 aliphatic heterocycles. The normalized spacial score (nSPS) is 27.4. The lowest BCUT2D eigenvalue weighted by Crippen LogP contribution is -2.61. The van der Waals surface area contributed by atoms with Crippen LogP contribution in [-0.2, 0) is 33.6 Å². The number of carbonyl (C=O) groups is 3. The van der Waals surface area contributed by atoms with E-state index in [4.69, 9.17) is 32.2 Å². The molecule has 3 aromatic heterocycles. The van der Waals surface area contributed by atoms with Crippen LogP contribution in [0.25, 0.3) is 0 Å². The zero-order valence-electron chi connectivity index (χ0n) is 80.7. The van der Waals surface area contributed by atoms with Gasteiger partial charge in [0.15, 0.2) is 0 Å². The van der Waals surface area contributed by atoms with Gasteiger partial charge in [-0.2, -0.15) is 0 Å². The molecule has 0 radical (unpaired) electrons. The number of piperazine rings is 3. The number of nitrogens with two attached hydrogens (primary N) is 3. The molecule has 18 rings (SSSR count). The molecule has 3 aromatic carbocycles. The Hall–Kier alpha value is -6.78. The first kappa shape index (κ1) is 101. The summed E-state index contributed by atoms with van der Waals surface area (Å²) in [6.07, 6.45) is 35.0. The van der Waals surface area contributed by atoms with Crippen molar-refractivity contribution in [2.45, 2.75) is 358 Å². The fraction of sp³-hybridized carbons (Fsp3) is 0.676. The molecule has 12 aliphatic rings. The number of aromatic nitrogens is 3. The zero-order chi connectivity index (χ0) is 93.7. The Morgan fingerprint density at radius 3 is 0.896 bits per heavy atom. The SMILES string of the molecule is NCCCCN(C[C@@H]1NC[C@@H]2CC[C@H]1N2CC[C@@H](CC(=O)C1CCC(F)(F)CC1)c1ccccc1)C1CCCc2cccnc21.NCCCCN(C[C@H]1NC[C@@H]2CC[C@H]1N2CC[C@@H](CC(=O)C1CCC(F)(F)CC1)c1ccccc1)C1CCCc2cccnc21.NCCCCN(C[C@H]1NC[C@@H]2CC[C@H]1N2CC[C@H](CC(=O)C1CCC(F)(F)CC1)c1ccccc1)C1CCCc2cccnc21. The van der Waals surface area contributed by atoms with E-state index >= 15 is 0 Å². The van der Waals surface area contributed by atoms with E-state index in [-0.39, 0.29) is 91.4 Å². The van der Waals surface area contributed by atoms with Crippen LogP contribution in [0.1, 0.15) is 317 Å². The number of carbonyl (C=O) groups excluding carboxylic acids is 3. The second-order valence-corrected chi connectivity index (χ2v) is 42.6. The number of nitrogens with one attached hydrogen (secondary N) is 3. The lowest BCUT2D eigenvalue weighted by molar-refractivity contribution is -0.128. The van der Waals surface area contributed by atoms with E-state index in [1.54, 1.807) is 0 Å². The summed E-state index contributed by atoms with van der Waals surface area (Å²) in [5.41, 5.74) is 29.3. The van der Waals surface area contributed by atoms with Crippen molar-refractivity contribution < 1.29 is 40.7 Å². The maximum absolute atomic E-state index is 13.8. The molecular formula is C111H159F6N15O3. The molecule has 135 heavy (non-hydrogen) atoms. The number of fused-ring (bicyclic) bond motifs is 9. The van der Waals surface area contributed by atoms with Crippen LogP contribution in [0.2, 0.25) is 0 Å². The number of hydrogen-bond acceptors (Lipinski definition) is 18. The molecule has 15 atom stereocenters. The predicted molar refractivity (Wildman–Crippen MR) is 526 cm³/mol. The van der Waals surface area contributed by atoms with Crippen molar-refractivity contribution in [1.82, 2.24) is 60.3 Å². The molecule has 6 aromatic rings. The number of ketones is 3. The molecule has 18 nitrogen and oxygen atoms in total. The molecule has 6 aliphatic carbocycles. The van der Waals surface area contributed by atoms with Crippen molar-refractivity contribution in [3.8, 4) is 0 Å². The summed E-state index contributed by atoms with van der Waals surface area (Å²) >= 11 is 0. The lowest BCUT2D eigenvalue weighted by Gasteiger charge is -2.45. The summed E-state index contributed by atoms with van der Waals surface area (Å²) in [5, 5.41) is 11.9. The molecule has 6 saturated heterocycles. The Labute approximate surface area is 801 Å². The molecule has 6 bridgehead atoms. The first-order valence-corrected chi connectivity index (χ1v) is 53.2. The van der Waals surface area contributed by atoms with Crippen molar-refractivity contribution in [2.75, 3.05) is 98.2 Å². The van der Waals surface area contributed by atoms with Gasteiger partial charge >= 0.3 is 0 Å². The highest BCUT2D eigenvalue weighted by molar-refractivity contribution is 5.83. The minimum absolute atomic E-state index is 0.117. The number of halogens is 6. The van der Waals surface area contributed by atoms with Crippen molar-refractivity contribution in [3.63, 3.8) is 0 Å². The highest BCUT2D eigenvalue weighted by Crippen LogP contribution is 2.47. The molecule has 9 heterocycles. The number of aryl methyl sites for hydroxylation is 3. The molecule has 0 spiro atoms. The third-order valence-electron chi connectivity index (χ3n) is 34.0. The molecular weight excluding hydrogens is 1710 g/mol. The van der Waals surface area contributed by atoms with Gasteiger partial charge in [0.05, 0.1) is 35.2 Å². The van der Waals surface area contributed by atoms with E-state index in [0.29, 0.717) is 130 Å². The van der Waals surface area contributed by atoms with Crippen LogP contribution < -0.4 is 33.2 Å². The fourth-order valence-corrected chi connectivity index (χ4v) is 26.4. The third-order valence-corrected chi connectivity index (χ3v) is 34.0. The van der Waals surface area contributed by atoms with Crippen LogP contribution in [0.5, 0.6) is 0 Å². The standard InChI is InChI=1S/3C37H53F2N5O/c3*38-37(39)18-15-28(16-19-37)35(45)24-30(27-8-2-1-3-9-27)17-23-44-31-13-14-33(44)32(42-25-31)26-43(22-5-4-20-40)34-12-6-10-29-11-7-21-41-36(29)34/h3*1-3,7-9,11,21,28,30-34,42H,4-6,10,12-20,22-26,40H2/t30-,31+,32-,33-,34?;30-,31-,32+,33+,34?;30-,31-,32-,33+,34?/m100/s1. The molecule has 0 amide bonds. The monoisotopic (exact) mass is 1860 g/mol. The highest BCUT2D eigenvalue weighted by Gasteiger charge is 2.49. The number of benzene rings is 3. The summed E-state index contributed by atoms with van der Waals surface area (Å²) in [6, 6.07) is 49.4. The van der Waals surface area contributed by atoms with Gasteiger partial charge in [-0.3, -0.25) is 58.7 Å². The van der Waals surface area contributed by atoms with Gasteiger partial charge in [0.1, 0.15) is 17.3 Å². The van der Waals surface area contributed by atoms with E-state index < -0.39 is 17.8 Å². The van der Waals surface area contributed by atoms with Crippen molar-refractivity contribution in [2.24, 2.45) is 35.0 Å². The maximum Gasteiger partial charge on any atom is 0.248 e. The summed E-state index contributed by atoms with van der Waals surface area (Å²) in [7, 11) is 0. The smallest absolute Gasteiger partial charge is 0.248 e. The number of pyridine rings is 3. The Kier molecular flexibility index (Phi) is 36.8. The number of hydrogen-bond donors (Lipinski definition) is 6. The number of rotatable bonds is 42. The topological polar surface area (TPSA) is 223 Å². The number of Topliss-reactive ketones (excluding diaryl/α,β-unsaturated/α-hetero) is 3. The average molecular weight is 1870 g/mol. The Bertz CT molecular complexity index is 4160. The molecule has 3 saturated carbocycles. The van der Waals surface area contributed by atoms with Crippen LogP contribution in [0.3, 0.4) is 0 Å². The number of nitrogens with zero attached hydrogens (tertiary/aromatic N) is 9. The molecule has 24 heteroatoms. The highest BCUT2D eigenvalue weighted by atomic mass is 19.3. The van der Waals surface area contributed by atoms with Crippen LogP contribution in [0.15, 0.2) is 146 Å². The second-order valence-electron chi connectivity index (χ2n) is 42.6. The van der Waals surface area contributed by atoms with Gasteiger partial charge in [0.2, 0.25) is 17.8 Å². The van der Waals surface area contributed by atoms with Gasteiger partial charge in [-0.05, 0) is 321 Å². The summed E-state index contributed by atoms with van der Waals surface area (Å²) in [5.74, 6) is -7.61. The summed E-state index contributed by atoms with van der Waals surface area (Å²) in [6.45, 7) is 14.2.